The fraction of sp³-hybridized carbons (Fsp3) is 0.455. The zero-order valence-electron chi connectivity index (χ0n) is 10.8. The second-order valence-electron chi connectivity index (χ2n) is 3.96. The molecule has 1 aromatic rings. The van der Waals surface area contributed by atoms with Crippen LogP contribution in [-0.2, 0) is 13.6 Å². The first-order chi connectivity index (χ1) is 8.85. The Morgan fingerprint density at radius 1 is 1.26 bits per heavy atom. The van der Waals surface area contributed by atoms with Crippen LogP contribution in [0.15, 0.2) is 24.3 Å². The van der Waals surface area contributed by atoms with Gasteiger partial charge in [0.1, 0.15) is 0 Å². The van der Waals surface area contributed by atoms with Crippen LogP contribution in [0.25, 0.3) is 0 Å². The lowest BCUT2D eigenvalue weighted by Crippen LogP contribution is -2.18. The van der Waals surface area contributed by atoms with Crippen LogP contribution in [0.1, 0.15) is 18.4 Å². The van der Waals surface area contributed by atoms with Crippen LogP contribution in [0.3, 0.4) is 0 Å². The van der Waals surface area contributed by atoms with Gasteiger partial charge in [0.05, 0.1) is 4.92 Å². The van der Waals surface area contributed by atoms with Gasteiger partial charge in [0.15, 0.2) is 5.85 Å². The number of hydrogen-bond donors (Lipinski definition) is 1. The highest BCUT2D eigenvalue weighted by Crippen LogP contribution is 2.54. The summed E-state index contributed by atoms with van der Waals surface area (Å²) < 4.78 is 21.5. The molecule has 0 saturated heterocycles. The molecule has 0 amide bonds. The lowest BCUT2D eigenvalue weighted by molar-refractivity contribution is -0.384. The van der Waals surface area contributed by atoms with Gasteiger partial charge < -0.3 is 14.2 Å². The second-order valence-corrected chi connectivity index (χ2v) is 6.29. The number of nitro groups is 1. The fourth-order valence-corrected chi connectivity index (χ4v) is 2.94. The summed E-state index contributed by atoms with van der Waals surface area (Å²) in [5, 5.41) is 20.6. The molecular weight excluding hydrogens is 273 g/mol. The first-order valence-corrected chi connectivity index (χ1v) is 7.10. The number of rotatable bonds is 6. The predicted molar refractivity (Wildman–Crippen MR) is 69.1 cm³/mol. The predicted octanol–water partition coefficient (Wildman–Crippen LogP) is 2.50. The van der Waals surface area contributed by atoms with Crippen molar-refractivity contribution in [2.24, 2.45) is 0 Å². The zero-order valence-corrected chi connectivity index (χ0v) is 11.7. The molecule has 0 aromatic heterocycles. The summed E-state index contributed by atoms with van der Waals surface area (Å²) in [6, 6.07) is 5.65. The third-order valence-electron chi connectivity index (χ3n) is 2.91. The Morgan fingerprint density at radius 3 is 2.11 bits per heavy atom. The van der Waals surface area contributed by atoms with Crippen molar-refractivity contribution in [3.8, 4) is 0 Å². The van der Waals surface area contributed by atoms with Gasteiger partial charge in [0.2, 0.25) is 0 Å². The minimum absolute atomic E-state index is 0.0490. The van der Waals surface area contributed by atoms with E-state index in [1.165, 1.54) is 38.5 Å². The first kappa shape index (κ1) is 15.8. The van der Waals surface area contributed by atoms with E-state index in [1.807, 2.05) is 0 Å². The van der Waals surface area contributed by atoms with Gasteiger partial charge in [0, 0.05) is 32.3 Å². The summed E-state index contributed by atoms with van der Waals surface area (Å²) in [4.78, 5) is 10.0. The monoisotopic (exact) mass is 289 g/mol. The maximum absolute atomic E-state index is 12.0. The normalized spacial score (nSPS) is 14.9. The number of benzene rings is 1. The highest BCUT2D eigenvalue weighted by molar-refractivity contribution is 7.54. The van der Waals surface area contributed by atoms with E-state index in [9.17, 15) is 19.8 Å². The number of non-ortho nitro benzene ring substituents is 1. The molecule has 1 rings (SSSR count). The van der Waals surface area contributed by atoms with E-state index in [-0.39, 0.29) is 5.69 Å². The van der Waals surface area contributed by atoms with Gasteiger partial charge in [-0.25, -0.2) is 0 Å². The van der Waals surface area contributed by atoms with E-state index in [0.717, 1.165) is 0 Å². The van der Waals surface area contributed by atoms with Crippen LogP contribution in [0, 0.1) is 10.1 Å². The van der Waals surface area contributed by atoms with Gasteiger partial charge in [0.25, 0.3) is 5.69 Å². The van der Waals surface area contributed by atoms with E-state index < -0.39 is 24.3 Å². The van der Waals surface area contributed by atoms with Gasteiger partial charge in [-0.1, -0.05) is 19.1 Å². The van der Waals surface area contributed by atoms with Crippen LogP contribution < -0.4 is 0 Å². The smallest absolute Gasteiger partial charge is 0.358 e. The highest BCUT2D eigenvalue weighted by atomic mass is 31.2. The molecule has 0 aliphatic rings. The van der Waals surface area contributed by atoms with Gasteiger partial charge >= 0.3 is 7.60 Å². The molecular formula is C11H16NO6P. The summed E-state index contributed by atoms with van der Waals surface area (Å²) in [7, 11) is -1.22. The molecule has 1 N–H and O–H groups in total. The number of hydrogen-bond acceptors (Lipinski definition) is 6. The lowest BCUT2D eigenvalue weighted by Gasteiger charge is -2.25. The fourth-order valence-electron chi connectivity index (χ4n) is 1.64. The van der Waals surface area contributed by atoms with Crippen LogP contribution in [0.5, 0.6) is 0 Å². The number of nitrogens with zero attached hydrogens (tertiary/aromatic N) is 1. The third-order valence-corrected chi connectivity index (χ3v) is 5.02. The number of nitro benzene ring substituents is 1. The van der Waals surface area contributed by atoms with Gasteiger partial charge in [-0.05, 0) is 5.56 Å². The van der Waals surface area contributed by atoms with E-state index in [0.29, 0.717) is 5.56 Å². The molecule has 7 nitrogen and oxygen atoms in total. The minimum atomic E-state index is -3.60. The Hall–Kier alpha value is -1.27. The first-order valence-electron chi connectivity index (χ1n) is 5.49. The van der Waals surface area contributed by atoms with Crippen molar-refractivity contribution in [3.05, 3.63) is 39.9 Å². The minimum Gasteiger partial charge on any atom is -0.380 e. The van der Waals surface area contributed by atoms with Crippen LogP contribution in [0.2, 0.25) is 0 Å². The highest BCUT2D eigenvalue weighted by Gasteiger charge is 2.37. The van der Waals surface area contributed by atoms with E-state index >= 15 is 0 Å². The second kappa shape index (κ2) is 6.25. The van der Waals surface area contributed by atoms with Crippen LogP contribution >= 0.6 is 7.60 Å². The van der Waals surface area contributed by atoms with E-state index in [2.05, 4.69) is 0 Å². The molecule has 0 bridgehead atoms. The molecule has 0 radical (unpaired) electrons. The van der Waals surface area contributed by atoms with Gasteiger partial charge in [-0.3, -0.25) is 14.7 Å². The Morgan fingerprint density at radius 2 is 1.74 bits per heavy atom. The Labute approximate surface area is 110 Å². The molecule has 0 spiro atoms. The lowest BCUT2D eigenvalue weighted by atomic mass is 10.0. The SMILES string of the molecule is COP(=O)(OC)[C@H](O)[C@H](C)c1ccc([N+](=O)[O-])cc1. The van der Waals surface area contributed by atoms with Crippen molar-refractivity contribution in [2.45, 2.75) is 18.7 Å². The van der Waals surface area contributed by atoms with E-state index in [1.54, 1.807) is 6.92 Å². The topological polar surface area (TPSA) is 98.9 Å². The maximum atomic E-state index is 12.0. The van der Waals surface area contributed by atoms with Crippen molar-refractivity contribution in [1.29, 1.82) is 0 Å². The largest absolute Gasteiger partial charge is 0.380 e. The van der Waals surface area contributed by atoms with Crippen LogP contribution in [0.4, 0.5) is 5.69 Å². The van der Waals surface area contributed by atoms with Crippen molar-refractivity contribution in [2.75, 3.05) is 14.2 Å². The Kier molecular flexibility index (Phi) is 5.20. The molecule has 0 fully saturated rings. The molecule has 0 aliphatic carbocycles. The summed E-state index contributed by atoms with van der Waals surface area (Å²) in [6.07, 6.45) is 0. The summed E-state index contributed by atoms with van der Waals surface area (Å²) in [6.45, 7) is 1.64. The molecule has 1 aromatic carbocycles. The van der Waals surface area contributed by atoms with Crippen molar-refractivity contribution in [1.82, 2.24) is 0 Å². The quantitative estimate of drug-likeness (QED) is 0.490. The molecule has 0 saturated carbocycles. The van der Waals surface area contributed by atoms with Gasteiger partial charge in [-0.15, -0.1) is 0 Å². The number of aliphatic hydroxyl groups excluding tert-OH is 1. The van der Waals surface area contributed by atoms with Crippen molar-refractivity contribution in [3.63, 3.8) is 0 Å². The van der Waals surface area contributed by atoms with E-state index in [4.69, 9.17) is 9.05 Å². The molecule has 106 valence electrons. The summed E-state index contributed by atoms with van der Waals surface area (Å²) in [5.74, 6) is -1.89. The number of aliphatic hydroxyl groups is 1. The molecule has 0 heterocycles. The van der Waals surface area contributed by atoms with Crippen molar-refractivity contribution >= 4 is 13.3 Å². The summed E-state index contributed by atoms with van der Waals surface area (Å²) in [5.41, 5.74) is 0.555. The average molecular weight is 289 g/mol. The maximum Gasteiger partial charge on any atom is 0.358 e. The summed E-state index contributed by atoms with van der Waals surface area (Å²) >= 11 is 0. The Bertz CT molecular complexity index is 480. The standard InChI is InChI=1S/C11H16NO6P/c1-8(11(13)19(16,17-2)18-3)9-4-6-10(7-5-9)12(14)15/h4-8,11,13H,1-3H3/t8-,11+/m1/s1. The molecule has 0 unspecified atom stereocenters. The average Bonchev–Trinajstić information content (AvgIpc) is 2.44. The van der Waals surface area contributed by atoms with Crippen molar-refractivity contribution < 1.29 is 23.6 Å². The molecule has 19 heavy (non-hydrogen) atoms. The molecule has 2 atom stereocenters. The Balaban J connectivity index is 2.97. The van der Waals surface area contributed by atoms with Gasteiger partial charge in [-0.2, -0.15) is 0 Å². The van der Waals surface area contributed by atoms with Crippen LogP contribution in [-0.4, -0.2) is 30.1 Å². The molecule has 0 aliphatic heterocycles. The zero-order chi connectivity index (χ0) is 14.6. The molecule has 8 heteroatoms. The third kappa shape index (κ3) is 3.39.